The lowest BCUT2D eigenvalue weighted by Crippen LogP contribution is -2.41. The second-order valence-electron chi connectivity index (χ2n) is 6.81. The molecule has 2 fully saturated rings. The zero-order valence-electron chi connectivity index (χ0n) is 13.7. The van der Waals surface area contributed by atoms with Crippen molar-refractivity contribution in [2.75, 3.05) is 11.9 Å². The first-order valence-corrected chi connectivity index (χ1v) is 9.40. The molecule has 1 aromatic rings. The van der Waals surface area contributed by atoms with Crippen LogP contribution in [-0.4, -0.2) is 29.2 Å². The largest absolute Gasteiger partial charge is 0.324 e. The number of carbonyl (C=O) groups is 3. The number of hydrogen-bond donors (Lipinski definition) is 1. The van der Waals surface area contributed by atoms with Gasteiger partial charge in [-0.25, -0.2) is 0 Å². The van der Waals surface area contributed by atoms with Gasteiger partial charge in [0.25, 0.3) is 0 Å². The summed E-state index contributed by atoms with van der Waals surface area (Å²) in [5.41, 5.74) is 1.29. The minimum absolute atomic E-state index is 0.152. The van der Waals surface area contributed by atoms with Crippen molar-refractivity contribution >= 4 is 46.0 Å². The van der Waals surface area contributed by atoms with E-state index in [-0.39, 0.29) is 30.7 Å². The molecule has 0 aromatic heterocycles. The molecule has 3 amide bonds. The van der Waals surface area contributed by atoms with Gasteiger partial charge < -0.3 is 5.32 Å². The Morgan fingerprint density at radius 3 is 2.62 bits per heavy atom. The molecule has 1 heterocycles. The van der Waals surface area contributed by atoms with E-state index in [4.69, 9.17) is 0 Å². The number of hydrogen-bond acceptors (Lipinski definition) is 3. The highest BCUT2D eigenvalue weighted by Gasteiger charge is 2.51. The van der Waals surface area contributed by atoms with Gasteiger partial charge in [-0.15, -0.1) is 0 Å². The summed E-state index contributed by atoms with van der Waals surface area (Å²) in [7, 11) is 0. The standard InChI is InChI=1S/C18H21IN2O3/c1-12-5-6-13(9-14(12)19)20-15(22)11-21-16(23)10-18(17(21)24)7-3-2-4-8-18/h5-6,9H,2-4,7-8,10-11H2,1H3,(H,20,22). The van der Waals surface area contributed by atoms with Crippen molar-refractivity contribution in [1.82, 2.24) is 4.90 Å². The Labute approximate surface area is 155 Å². The molecule has 1 N–H and O–H groups in total. The number of rotatable bonds is 3. The van der Waals surface area contributed by atoms with Crippen LogP contribution in [0, 0.1) is 15.9 Å². The third-order valence-corrected chi connectivity index (χ3v) is 6.22. The van der Waals surface area contributed by atoms with Crippen LogP contribution in [0.3, 0.4) is 0 Å². The summed E-state index contributed by atoms with van der Waals surface area (Å²) in [6.45, 7) is 1.81. The predicted octanol–water partition coefficient (Wildman–Crippen LogP) is 3.25. The normalized spacial score (nSPS) is 19.8. The van der Waals surface area contributed by atoms with Gasteiger partial charge >= 0.3 is 0 Å². The van der Waals surface area contributed by atoms with Crippen LogP contribution < -0.4 is 5.32 Å². The Balaban J connectivity index is 1.66. The fourth-order valence-electron chi connectivity index (χ4n) is 3.65. The second kappa shape index (κ2) is 6.82. The molecule has 128 valence electrons. The molecule has 0 unspecified atom stereocenters. The van der Waals surface area contributed by atoms with E-state index in [1.807, 2.05) is 25.1 Å². The summed E-state index contributed by atoms with van der Waals surface area (Å²) < 4.78 is 1.06. The number of aryl methyl sites for hydroxylation is 1. The Morgan fingerprint density at radius 2 is 1.96 bits per heavy atom. The van der Waals surface area contributed by atoms with Crippen LogP contribution in [0.2, 0.25) is 0 Å². The van der Waals surface area contributed by atoms with Crippen LogP contribution in [0.4, 0.5) is 5.69 Å². The van der Waals surface area contributed by atoms with Gasteiger partial charge in [0.1, 0.15) is 6.54 Å². The SMILES string of the molecule is Cc1ccc(NC(=O)CN2C(=O)CC3(CCCCC3)C2=O)cc1I. The van der Waals surface area contributed by atoms with E-state index >= 15 is 0 Å². The van der Waals surface area contributed by atoms with Crippen LogP contribution >= 0.6 is 22.6 Å². The Bertz CT molecular complexity index is 696. The van der Waals surface area contributed by atoms with E-state index in [9.17, 15) is 14.4 Å². The van der Waals surface area contributed by atoms with Crippen LogP contribution in [0.15, 0.2) is 18.2 Å². The molecule has 6 heteroatoms. The fourth-order valence-corrected chi connectivity index (χ4v) is 4.17. The van der Waals surface area contributed by atoms with E-state index in [0.29, 0.717) is 5.69 Å². The van der Waals surface area contributed by atoms with Gasteiger partial charge in [-0.2, -0.15) is 0 Å². The highest BCUT2D eigenvalue weighted by molar-refractivity contribution is 14.1. The van der Waals surface area contributed by atoms with Gasteiger partial charge in [0.05, 0.1) is 5.41 Å². The van der Waals surface area contributed by atoms with Crippen molar-refractivity contribution in [3.8, 4) is 0 Å². The van der Waals surface area contributed by atoms with Crippen molar-refractivity contribution in [3.63, 3.8) is 0 Å². The highest BCUT2D eigenvalue weighted by atomic mass is 127. The van der Waals surface area contributed by atoms with Crippen molar-refractivity contribution in [2.24, 2.45) is 5.41 Å². The number of nitrogens with one attached hydrogen (secondary N) is 1. The summed E-state index contributed by atoms with van der Waals surface area (Å²) in [5.74, 6) is -0.694. The Morgan fingerprint density at radius 1 is 1.25 bits per heavy atom. The van der Waals surface area contributed by atoms with Crippen LogP contribution in [0.25, 0.3) is 0 Å². The van der Waals surface area contributed by atoms with Gasteiger partial charge in [-0.3, -0.25) is 19.3 Å². The third-order valence-electron chi connectivity index (χ3n) is 5.06. The molecule has 0 atom stereocenters. The molecule has 1 spiro atoms. The van der Waals surface area contributed by atoms with Crippen molar-refractivity contribution < 1.29 is 14.4 Å². The molecule has 1 saturated carbocycles. The number of nitrogens with zero attached hydrogens (tertiary/aromatic N) is 1. The van der Waals surface area contributed by atoms with E-state index in [1.165, 1.54) is 0 Å². The maximum absolute atomic E-state index is 12.7. The molecular weight excluding hydrogens is 419 g/mol. The molecule has 24 heavy (non-hydrogen) atoms. The molecular formula is C18H21IN2O3. The first-order chi connectivity index (χ1) is 11.4. The Hall–Kier alpha value is -1.44. The number of amides is 3. The summed E-state index contributed by atoms with van der Waals surface area (Å²) >= 11 is 2.21. The second-order valence-corrected chi connectivity index (χ2v) is 7.98. The van der Waals surface area contributed by atoms with E-state index in [0.717, 1.165) is 46.1 Å². The predicted molar refractivity (Wildman–Crippen MR) is 99.4 cm³/mol. The molecule has 5 nitrogen and oxygen atoms in total. The van der Waals surface area contributed by atoms with E-state index in [1.54, 1.807) is 0 Å². The number of imide groups is 1. The third kappa shape index (κ3) is 3.34. The molecule has 1 aliphatic heterocycles. The monoisotopic (exact) mass is 440 g/mol. The minimum atomic E-state index is -0.533. The number of halogens is 1. The molecule has 1 aliphatic carbocycles. The molecule has 1 aromatic carbocycles. The quantitative estimate of drug-likeness (QED) is 0.580. The lowest BCUT2D eigenvalue weighted by atomic mass is 9.73. The number of carbonyl (C=O) groups excluding carboxylic acids is 3. The minimum Gasteiger partial charge on any atom is -0.324 e. The summed E-state index contributed by atoms with van der Waals surface area (Å²) in [6.07, 6.45) is 4.90. The summed E-state index contributed by atoms with van der Waals surface area (Å²) in [5, 5.41) is 2.78. The van der Waals surface area contributed by atoms with Gasteiger partial charge in [0, 0.05) is 15.7 Å². The first kappa shape index (κ1) is 17.4. The van der Waals surface area contributed by atoms with Gasteiger partial charge in [0.2, 0.25) is 17.7 Å². The topological polar surface area (TPSA) is 66.5 Å². The van der Waals surface area contributed by atoms with Gasteiger partial charge in [-0.1, -0.05) is 25.3 Å². The molecule has 2 aliphatic rings. The zero-order valence-corrected chi connectivity index (χ0v) is 15.9. The maximum Gasteiger partial charge on any atom is 0.244 e. The van der Waals surface area contributed by atoms with Crippen molar-refractivity contribution in [3.05, 3.63) is 27.3 Å². The van der Waals surface area contributed by atoms with Gasteiger partial charge in [-0.05, 0) is 60.1 Å². The number of likely N-dealkylation sites (tertiary alicyclic amines) is 1. The first-order valence-electron chi connectivity index (χ1n) is 8.32. The lowest BCUT2D eigenvalue weighted by Gasteiger charge is -2.30. The maximum atomic E-state index is 12.7. The average molecular weight is 440 g/mol. The number of anilines is 1. The van der Waals surface area contributed by atoms with Crippen LogP contribution in [0.1, 0.15) is 44.1 Å². The molecule has 3 rings (SSSR count). The smallest absolute Gasteiger partial charge is 0.244 e. The van der Waals surface area contributed by atoms with E-state index < -0.39 is 5.41 Å². The highest BCUT2D eigenvalue weighted by Crippen LogP contribution is 2.45. The summed E-state index contributed by atoms with van der Waals surface area (Å²) in [4.78, 5) is 38.4. The molecule has 0 bridgehead atoms. The summed E-state index contributed by atoms with van der Waals surface area (Å²) in [6, 6.07) is 5.64. The van der Waals surface area contributed by atoms with Gasteiger partial charge in [0.15, 0.2) is 0 Å². The fraction of sp³-hybridized carbons (Fsp3) is 0.500. The van der Waals surface area contributed by atoms with Crippen LogP contribution in [0.5, 0.6) is 0 Å². The van der Waals surface area contributed by atoms with Crippen LogP contribution in [-0.2, 0) is 14.4 Å². The van der Waals surface area contributed by atoms with E-state index in [2.05, 4.69) is 27.9 Å². The van der Waals surface area contributed by atoms with Crippen molar-refractivity contribution in [2.45, 2.75) is 45.4 Å². The number of benzene rings is 1. The molecule has 1 saturated heterocycles. The average Bonchev–Trinajstić information content (AvgIpc) is 2.76. The van der Waals surface area contributed by atoms with Crippen molar-refractivity contribution in [1.29, 1.82) is 0 Å². The zero-order chi connectivity index (χ0) is 17.3. The Kier molecular flexibility index (Phi) is 4.94. The molecule has 0 radical (unpaired) electrons. The lowest BCUT2D eigenvalue weighted by molar-refractivity contribution is -0.144.